The summed E-state index contributed by atoms with van der Waals surface area (Å²) >= 11 is 0. The Balaban J connectivity index is 2.23. The van der Waals surface area contributed by atoms with Crippen LogP contribution in [-0.4, -0.2) is 5.11 Å². The predicted octanol–water partition coefficient (Wildman–Crippen LogP) is 5.62. The first-order chi connectivity index (χ1) is 9.74. The molecule has 0 spiro atoms. The summed E-state index contributed by atoms with van der Waals surface area (Å²) < 4.78 is 0. The lowest BCUT2D eigenvalue weighted by molar-refractivity contribution is 0.0112. The van der Waals surface area contributed by atoms with Crippen LogP contribution in [0.2, 0.25) is 0 Å². The van der Waals surface area contributed by atoms with Gasteiger partial charge < -0.3 is 5.11 Å². The molecule has 1 heteroatoms. The van der Waals surface area contributed by atoms with Crippen LogP contribution in [0.5, 0.6) is 0 Å². The van der Waals surface area contributed by atoms with Gasteiger partial charge in [0.25, 0.3) is 0 Å². The number of hydrogen-bond acceptors (Lipinski definition) is 1. The van der Waals surface area contributed by atoms with E-state index in [4.69, 9.17) is 0 Å². The van der Waals surface area contributed by atoms with Crippen molar-refractivity contribution >= 4 is 0 Å². The topological polar surface area (TPSA) is 20.2 Å². The van der Waals surface area contributed by atoms with E-state index in [1.807, 2.05) is 0 Å². The van der Waals surface area contributed by atoms with E-state index in [-0.39, 0.29) is 16.9 Å². The van der Waals surface area contributed by atoms with Gasteiger partial charge in [0, 0.05) is 5.41 Å². The Hall–Kier alpha value is -0.820. The molecule has 21 heavy (non-hydrogen) atoms. The van der Waals surface area contributed by atoms with Crippen molar-refractivity contribution < 1.29 is 5.11 Å². The quantitative estimate of drug-likeness (QED) is 0.762. The molecule has 0 radical (unpaired) electrons. The molecular weight excluding hydrogens is 256 g/mol. The van der Waals surface area contributed by atoms with Crippen molar-refractivity contribution in [3.8, 4) is 0 Å². The molecule has 1 aromatic rings. The zero-order valence-corrected chi connectivity index (χ0v) is 14.4. The fourth-order valence-electron chi connectivity index (χ4n) is 4.00. The summed E-state index contributed by atoms with van der Waals surface area (Å²) in [5.74, 6) is 0.645. The van der Waals surface area contributed by atoms with E-state index in [0.29, 0.717) is 5.92 Å². The summed E-state index contributed by atoms with van der Waals surface area (Å²) in [5.41, 5.74) is 2.72. The third-order valence-electron chi connectivity index (χ3n) is 5.09. The lowest BCUT2D eigenvalue weighted by Crippen LogP contribution is -2.28. The highest BCUT2D eigenvalue weighted by Crippen LogP contribution is 2.51. The molecular formula is C20H32O. The van der Waals surface area contributed by atoms with E-state index in [1.165, 1.54) is 31.2 Å². The molecule has 1 nitrogen and oxygen atoms in total. The van der Waals surface area contributed by atoms with Gasteiger partial charge in [-0.25, -0.2) is 0 Å². The van der Waals surface area contributed by atoms with E-state index in [9.17, 15) is 5.11 Å². The monoisotopic (exact) mass is 288 g/mol. The normalized spacial score (nSPS) is 20.0. The summed E-state index contributed by atoms with van der Waals surface area (Å²) in [6.45, 7) is 11.2. The van der Waals surface area contributed by atoms with Gasteiger partial charge >= 0.3 is 0 Å². The second kappa shape index (κ2) is 6.12. The van der Waals surface area contributed by atoms with Crippen LogP contribution in [0, 0.1) is 11.3 Å². The van der Waals surface area contributed by atoms with Gasteiger partial charge in [-0.3, -0.25) is 0 Å². The van der Waals surface area contributed by atoms with Crippen LogP contribution in [0.25, 0.3) is 0 Å². The van der Waals surface area contributed by atoms with Gasteiger partial charge in [0.2, 0.25) is 0 Å². The van der Waals surface area contributed by atoms with Gasteiger partial charge in [0.05, 0.1) is 6.10 Å². The molecule has 0 aliphatic heterocycles. The van der Waals surface area contributed by atoms with Gasteiger partial charge in [0.1, 0.15) is 0 Å². The summed E-state index contributed by atoms with van der Waals surface area (Å²) in [6, 6.07) is 8.67. The Labute approximate surface area is 130 Å². The van der Waals surface area contributed by atoms with E-state index < -0.39 is 0 Å². The fraction of sp³-hybridized carbons (Fsp3) is 0.700. The minimum atomic E-state index is -0.309. The average molecular weight is 288 g/mol. The molecule has 0 amide bonds. The standard InChI is InChI=1S/C20H32O/c1-15(2)14-20(12-6-7-13-20)18(21)16-8-10-17(11-9-16)19(3,4)5/h8-11,15,18,21H,6-7,12-14H2,1-5H3. The van der Waals surface area contributed by atoms with Gasteiger partial charge in [-0.15, -0.1) is 0 Å². The average Bonchev–Trinajstić information content (AvgIpc) is 2.86. The van der Waals surface area contributed by atoms with Gasteiger partial charge in [0.15, 0.2) is 0 Å². The van der Waals surface area contributed by atoms with Crippen molar-refractivity contribution in [3.05, 3.63) is 35.4 Å². The molecule has 1 aliphatic carbocycles. The Morgan fingerprint density at radius 2 is 1.57 bits per heavy atom. The number of benzene rings is 1. The van der Waals surface area contributed by atoms with E-state index >= 15 is 0 Å². The first-order valence-corrected chi connectivity index (χ1v) is 8.53. The number of hydrogen-bond donors (Lipinski definition) is 1. The van der Waals surface area contributed by atoms with E-state index in [2.05, 4.69) is 58.9 Å². The first-order valence-electron chi connectivity index (χ1n) is 8.53. The van der Waals surface area contributed by atoms with Gasteiger partial charge in [-0.05, 0) is 41.7 Å². The Morgan fingerprint density at radius 3 is 2.00 bits per heavy atom. The maximum atomic E-state index is 11.0. The summed E-state index contributed by atoms with van der Waals surface area (Å²) in [7, 11) is 0. The van der Waals surface area contributed by atoms with Crippen molar-refractivity contribution in [1.82, 2.24) is 0 Å². The molecule has 1 aliphatic rings. The molecule has 1 atom stereocenters. The highest BCUT2D eigenvalue weighted by Gasteiger charge is 2.41. The SMILES string of the molecule is CC(C)CC1(C(O)c2ccc(C(C)(C)C)cc2)CCCC1. The van der Waals surface area contributed by atoms with Crippen LogP contribution in [0.15, 0.2) is 24.3 Å². The maximum Gasteiger partial charge on any atom is 0.0846 e. The molecule has 2 rings (SSSR count). The molecule has 1 fully saturated rings. The van der Waals surface area contributed by atoms with Crippen molar-refractivity contribution in [1.29, 1.82) is 0 Å². The maximum absolute atomic E-state index is 11.0. The highest BCUT2D eigenvalue weighted by atomic mass is 16.3. The van der Waals surface area contributed by atoms with Crippen molar-refractivity contribution in [2.24, 2.45) is 11.3 Å². The number of rotatable bonds is 4. The van der Waals surface area contributed by atoms with Crippen LogP contribution in [0.3, 0.4) is 0 Å². The van der Waals surface area contributed by atoms with Gasteiger partial charge in [-0.1, -0.05) is 71.7 Å². The third-order valence-corrected chi connectivity index (χ3v) is 5.09. The molecule has 0 bridgehead atoms. The second-order valence-corrected chi connectivity index (χ2v) is 8.44. The van der Waals surface area contributed by atoms with Crippen molar-refractivity contribution in [2.75, 3.05) is 0 Å². The second-order valence-electron chi connectivity index (χ2n) is 8.44. The Morgan fingerprint density at radius 1 is 1.05 bits per heavy atom. The molecule has 1 saturated carbocycles. The van der Waals surface area contributed by atoms with E-state index in [1.54, 1.807) is 0 Å². The van der Waals surface area contributed by atoms with E-state index in [0.717, 1.165) is 12.0 Å². The van der Waals surface area contributed by atoms with Crippen LogP contribution in [0.1, 0.15) is 84.0 Å². The van der Waals surface area contributed by atoms with Crippen LogP contribution in [0.4, 0.5) is 0 Å². The summed E-state index contributed by atoms with van der Waals surface area (Å²) in [5, 5.41) is 11.0. The number of aliphatic hydroxyl groups is 1. The zero-order chi connectivity index (χ0) is 15.7. The largest absolute Gasteiger partial charge is 0.388 e. The lowest BCUT2D eigenvalue weighted by Gasteiger charge is -2.36. The minimum absolute atomic E-state index is 0.109. The Kier molecular flexibility index (Phi) is 4.82. The predicted molar refractivity (Wildman–Crippen MR) is 90.5 cm³/mol. The molecule has 1 N–H and O–H groups in total. The molecule has 1 aromatic carbocycles. The Bertz CT molecular complexity index is 444. The van der Waals surface area contributed by atoms with Crippen molar-refractivity contribution in [3.63, 3.8) is 0 Å². The van der Waals surface area contributed by atoms with Crippen LogP contribution < -0.4 is 0 Å². The first kappa shape index (κ1) is 16.5. The zero-order valence-electron chi connectivity index (χ0n) is 14.4. The minimum Gasteiger partial charge on any atom is -0.388 e. The molecule has 1 unspecified atom stereocenters. The van der Waals surface area contributed by atoms with Gasteiger partial charge in [-0.2, -0.15) is 0 Å². The smallest absolute Gasteiger partial charge is 0.0846 e. The number of aliphatic hydroxyl groups excluding tert-OH is 1. The lowest BCUT2D eigenvalue weighted by atomic mass is 9.71. The molecule has 0 aromatic heterocycles. The van der Waals surface area contributed by atoms with Crippen molar-refractivity contribution in [2.45, 2.75) is 78.2 Å². The highest BCUT2D eigenvalue weighted by molar-refractivity contribution is 5.29. The van der Waals surface area contributed by atoms with Crippen LogP contribution in [-0.2, 0) is 5.41 Å². The summed E-state index contributed by atoms with van der Waals surface area (Å²) in [6.07, 6.45) is 5.71. The van der Waals surface area contributed by atoms with Crippen LogP contribution >= 0.6 is 0 Å². The molecule has 118 valence electrons. The summed E-state index contributed by atoms with van der Waals surface area (Å²) in [4.78, 5) is 0. The fourth-order valence-corrected chi connectivity index (χ4v) is 4.00. The molecule has 0 heterocycles. The third kappa shape index (κ3) is 3.69. The molecule has 0 saturated heterocycles.